The molecule has 1 aromatic carbocycles. The highest BCUT2D eigenvalue weighted by molar-refractivity contribution is 6.31. The Hall–Kier alpha value is -1.52. The number of carbonyl (C=O) groups is 1. The molecule has 0 aliphatic heterocycles. The van der Waals surface area contributed by atoms with Crippen LogP contribution in [0.2, 0.25) is 5.02 Å². The summed E-state index contributed by atoms with van der Waals surface area (Å²) in [6.07, 6.45) is 3.41. The van der Waals surface area contributed by atoms with Crippen LogP contribution in [0, 0.1) is 5.92 Å². The first-order chi connectivity index (χ1) is 10.2. The van der Waals surface area contributed by atoms with Crippen molar-refractivity contribution < 1.29 is 4.79 Å². The van der Waals surface area contributed by atoms with Crippen molar-refractivity contribution in [2.75, 3.05) is 13.1 Å². The smallest absolute Gasteiger partial charge is 0.223 e. The molecule has 4 nitrogen and oxygen atoms in total. The number of H-pyrrole nitrogens is 1. The van der Waals surface area contributed by atoms with Gasteiger partial charge in [0.05, 0.1) is 0 Å². The van der Waals surface area contributed by atoms with E-state index in [9.17, 15) is 4.79 Å². The number of rotatable bonds is 4. The second kappa shape index (κ2) is 6.08. The Bertz CT molecular complexity index is 665. The van der Waals surface area contributed by atoms with Crippen LogP contribution in [0.25, 0.3) is 10.9 Å². The lowest BCUT2D eigenvalue weighted by Gasteiger charge is -2.21. The van der Waals surface area contributed by atoms with E-state index in [2.05, 4.69) is 10.3 Å². The van der Waals surface area contributed by atoms with Gasteiger partial charge in [-0.05, 0) is 56.0 Å². The first-order valence-corrected chi connectivity index (χ1v) is 7.83. The van der Waals surface area contributed by atoms with E-state index in [-0.39, 0.29) is 11.8 Å². The van der Waals surface area contributed by atoms with Crippen molar-refractivity contribution in [2.45, 2.75) is 25.7 Å². The Morgan fingerprint density at radius 2 is 2.33 bits per heavy atom. The van der Waals surface area contributed by atoms with Crippen LogP contribution in [0.1, 0.15) is 24.1 Å². The zero-order valence-electron chi connectivity index (χ0n) is 11.9. The molecule has 1 atom stereocenters. The van der Waals surface area contributed by atoms with Gasteiger partial charge in [0.15, 0.2) is 0 Å². The number of nitrogens with one attached hydrogen (secondary N) is 2. The van der Waals surface area contributed by atoms with Crippen molar-refractivity contribution in [3.8, 4) is 0 Å². The van der Waals surface area contributed by atoms with Gasteiger partial charge in [-0.25, -0.2) is 0 Å². The topological polar surface area (TPSA) is 70.9 Å². The quantitative estimate of drug-likeness (QED) is 0.759. The number of hydrogen-bond donors (Lipinski definition) is 3. The van der Waals surface area contributed by atoms with Crippen LogP contribution in [0.5, 0.6) is 0 Å². The number of aromatic amines is 1. The van der Waals surface area contributed by atoms with E-state index < -0.39 is 0 Å². The minimum absolute atomic E-state index is 0.0493. The lowest BCUT2D eigenvalue weighted by Crippen LogP contribution is -2.35. The van der Waals surface area contributed by atoms with Gasteiger partial charge < -0.3 is 16.0 Å². The molecule has 0 radical (unpaired) electrons. The molecule has 1 amide bonds. The highest BCUT2D eigenvalue weighted by Gasteiger charge is 2.27. The number of nitrogens with two attached hydrogens (primary N) is 1. The summed E-state index contributed by atoms with van der Waals surface area (Å²) < 4.78 is 0. The maximum atomic E-state index is 12.2. The maximum absolute atomic E-state index is 12.2. The first kappa shape index (κ1) is 14.4. The third-order valence-corrected chi connectivity index (χ3v) is 4.44. The fraction of sp³-hybridized carbons (Fsp3) is 0.438. The molecule has 0 bridgehead atoms. The summed E-state index contributed by atoms with van der Waals surface area (Å²) in [6, 6.07) is 5.89. The van der Waals surface area contributed by atoms with Crippen LogP contribution in [-0.2, 0) is 17.6 Å². The number of benzene rings is 1. The average molecular weight is 306 g/mol. The summed E-state index contributed by atoms with van der Waals surface area (Å²) in [5.41, 5.74) is 9.05. The Kier molecular flexibility index (Phi) is 4.17. The van der Waals surface area contributed by atoms with Crippen molar-refractivity contribution in [2.24, 2.45) is 11.7 Å². The average Bonchev–Trinajstić information content (AvgIpc) is 2.84. The molecular formula is C16H20ClN3O. The Morgan fingerprint density at radius 1 is 1.48 bits per heavy atom. The van der Waals surface area contributed by atoms with E-state index in [0.29, 0.717) is 13.1 Å². The third-order valence-electron chi connectivity index (χ3n) is 4.20. The zero-order chi connectivity index (χ0) is 14.8. The highest BCUT2D eigenvalue weighted by Crippen LogP contribution is 2.33. The summed E-state index contributed by atoms with van der Waals surface area (Å²) in [4.78, 5) is 15.7. The van der Waals surface area contributed by atoms with Gasteiger partial charge in [-0.1, -0.05) is 11.6 Å². The maximum Gasteiger partial charge on any atom is 0.223 e. The summed E-state index contributed by atoms with van der Waals surface area (Å²) in [5, 5.41) is 4.87. The van der Waals surface area contributed by atoms with Gasteiger partial charge in [-0.3, -0.25) is 4.79 Å². The number of aryl methyl sites for hydroxylation is 1. The largest absolute Gasteiger partial charge is 0.358 e. The van der Waals surface area contributed by atoms with E-state index in [1.165, 1.54) is 11.3 Å². The van der Waals surface area contributed by atoms with Crippen LogP contribution >= 0.6 is 11.6 Å². The van der Waals surface area contributed by atoms with Crippen molar-refractivity contribution in [3.05, 3.63) is 34.5 Å². The van der Waals surface area contributed by atoms with Gasteiger partial charge in [0.25, 0.3) is 0 Å². The molecule has 0 saturated heterocycles. The number of halogens is 1. The number of amides is 1. The predicted octanol–water partition coefficient (Wildman–Crippen LogP) is 2.39. The Morgan fingerprint density at radius 3 is 3.14 bits per heavy atom. The van der Waals surface area contributed by atoms with Crippen molar-refractivity contribution in [1.82, 2.24) is 10.3 Å². The molecule has 1 aliphatic rings. The molecule has 1 aromatic heterocycles. The van der Waals surface area contributed by atoms with E-state index in [1.807, 2.05) is 18.2 Å². The normalized spacial score (nSPS) is 17.7. The molecule has 1 heterocycles. The number of hydrogen-bond acceptors (Lipinski definition) is 2. The van der Waals surface area contributed by atoms with E-state index >= 15 is 0 Å². The monoisotopic (exact) mass is 305 g/mol. The number of carbonyl (C=O) groups excluding carboxylic acids is 1. The lowest BCUT2D eigenvalue weighted by molar-refractivity contribution is -0.125. The Labute approximate surface area is 129 Å². The van der Waals surface area contributed by atoms with Gasteiger partial charge in [0.2, 0.25) is 5.91 Å². The number of fused-ring (bicyclic) bond motifs is 3. The lowest BCUT2D eigenvalue weighted by atomic mass is 9.86. The number of aromatic nitrogens is 1. The fourth-order valence-corrected chi connectivity index (χ4v) is 3.24. The van der Waals surface area contributed by atoms with Gasteiger partial charge >= 0.3 is 0 Å². The van der Waals surface area contributed by atoms with Crippen LogP contribution in [-0.4, -0.2) is 24.0 Å². The van der Waals surface area contributed by atoms with E-state index in [0.717, 1.165) is 41.6 Å². The van der Waals surface area contributed by atoms with Crippen LogP contribution < -0.4 is 11.1 Å². The fourth-order valence-electron chi connectivity index (χ4n) is 3.07. The predicted molar refractivity (Wildman–Crippen MR) is 85.5 cm³/mol. The van der Waals surface area contributed by atoms with Crippen LogP contribution in [0.3, 0.4) is 0 Å². The molecule has 0 saturated carbocycles. The van der Waals surface area contributed by atoms with Gasteiger partial charge in [-0.2, -0.15) is 0 Å². The molecule has 0 fully saturated rings. The SMILES string of the molecule is NCCCNC(=O)C1CCc2[nH]c3ccc(Cl)cc3c2C1. The second-order valence-electron chi connectivity index (χ2n) is 5.64. The van der Waals surface area contributed by atoms with Gasteiger partial charge in [0.1, 0.15) is 0 Å². The third kappa shape index (κ3) is 2.92. The van der Waals surface area contributed by atoms with Crippen molar-refractivity contribution >= 4 is 28.4 Å². The standard InChI is InChI=1S/C16H20ClN3O/c17-11-3-5-15-13(9-11)12-8-10(2-4-14(12)20-15)16(21)19-7-1-6-18/h3,5,9-10,20H,1-2,4,6-8,18H2,(H,19,21). The molecule has 5 heteroatoms. The van der Waals surface area contributed by atoms with E-state index in [1.54, 1.807) is 0 Å². The molecule has 3 rings (SSSR count). The van der Waals surface area contributed by atoms with Crippen molar-refractivity contribution in [3.63, 3.8) is 0 Å². The van der Waals surface area contributed by atoms with Crippen molar-refractivity contribution in [1.29, 1.82) is 0 Å². The molecule has 1 unspecified atom stereocenters. The summed E-state index contributed by atoms with van der Waals surface area (Å²) in [7, 11) is 0. The summed E-state index contributed by atoms with van der Waals surface area (Å²) >= 11 is 6.10. The van der Waals surface area contributed by atoms with Gasteiger partial charge in [0, 0.05) is 34.1 Å². The molecule has 0 spiro atoms. The highest BCUT2D eigenvalue weighted by atomic mass is 35.5. The van der Waals surface area contributed by atoms with E-state index in [4.69, 9.17) is 17.3 Å². The van der Waals surface area contributed by atoms with Crippen LogP contribution in [0.4, 0.5) is 0 Å². The molecule has 1 aliphatic carbocycles. The second-order valence-corrected chi connectivity index (χ2v) is 6.08. The summed E-state index contributed by atoms with van der Waals surface area (Å²) in [6.45, 7) is 1.27. The molecule has 21 heavy (non-hydrogen) atoms. The Balaban J connectivity index is 1.79. The zero-order valence-corrected chi connectivity index (χ0v) is 12.7. The minimum atomic E-state index is 0.0493. The molecule has 2 aromatic rings. The minimum Gasteiger partial charge on any atom is -0.358 e. The summed E-state index contributed by atoms with van der Waals surface area (Å²) in [5.74, 6) is 0.193. The first-order valence-electron chi connectivity index (χ1n) is 7.46. The van der Waals surface area contributed by atoms with Crippen LogP contribution in [0.15, 0.2) is 18.2 Å². The molecule has 4 N–H and O–H groups in total. The molecule has 112 valence electrons. The molecular weight excluding hydrogens is 286 g/mol. The van der Waals surface area contributed by atoms with Gasteiger partial charge in [-0.15, -0.1) is 0 Å².